The van der Waals surface area contributed by atoms with Crippen LogP contribution in [0.5, 0.6) is 0 Å². The highest BCUT2D eigenvalue weighted by atomic mass is 16.5. The molecule has 3 fully saturated rings. The molecule has 3 aliphatic rings. The minimum atomic E-state index is -0.818. The van der Waals surface area contributed by atoms with Gasteiger partial charge in [-0.25, -0.2) is 4.79 Å². The molecule has 3 aliphatic carbocycles. The predicted octanol–water partition coefficient (Wildman–Crippen LogP) is 4.22. The van der Waals surface area contributed by atoms with Gasteiger partial charge in [-0.05, 0) is 55.1 Å². The summed E-state index contributed by atoms with van der Waals surface area (Å²) in [5, 5.41) is 12.0. The molecular formula is C31H38N2O6. The van der Waals surface area contributed by atoms with E-state index in [0.29, 0.717) is 24.8 Å². The lowest BCUT2D eigenvalue weighted by atomic mass is 9.44. The van der Waals surface area contributed by atoms with Gasteiger partial charge in [-0.15, -0.1) is 6.58 Å². The van der Waals surface area contributed by atoms with Crippen LogP contribution in [0.3, 0.4) is 0 Å². The zero-order valence-electron chi connectivity index (χ0n) is 23.1. The largest absolute Gasteiger partial charge is 0.458 e. The summed E-state index contributed by atoms with van der Waals surface area (Å²) in [5.74, 6) is -1.09. The number of benzene rings is 1. The smallest absolute Gasteiger partial charge is 0.344 e. The summed E-state index contributed by atoms with van der Waals surface area (Å²) in [5.41, 5.74) is 0.372. The molecule has 0 saturated heterocycles. The molecule has 39 heavy (non-hydrogen) atoms. The minimum Gasteiger partial charge on any atom is -0.458 e. The number of hydrogen-bond acceptors (Lipinski definition) is 6. The molecule has 1 aromatic heterocycles. The second-order valence-electron chi connectivity index (χ2n) is 12.5. The van der Waals surface area contributed by atoms with E-state index in [-0.39, 0.29) is 40.9 Å². The van der Waals surface area contributed by atoms with Crippen LogP contribution in [-0.2, 0) is 14.3 Å². The molecule has 8 nitrogen and oxygen atoms in total. The van der Waals surface area contributed by atoms with Crippen molar-refractivity contribution in [2.45, 2.75) is 72.0 Å². The highest BCUT2D eigenvalue weighted by Crippen LogP contribution is 2.68. The van der Waals surface area contributed by atoms with Crippen LogP contribution in [-0.4, -0.2) is 40.2 Å². The van der Waals surface area contributed by atoms with E-state index in [1.165, 1.54) is 10.9 Å². The Morgan fingerprint density at radius 1 is 1.21 bits per heavy atom. The number of ether oxygens (including phenoxy) is 1. The van der Waals surface area contributed by atoms with Crippen LogP contribution in [0.4, 0.5) is 0 Å². The standard InChI is InChI=1S/C31H38N2O6/c1-6-29(4)15-24(30(5)18(2)11-13-31(19(3)27(29)37)14-12-23(35)26(30)31)39-28(38)21-16-33(32-17-34)22-10-8-7-9-20(22)25(21)36/h6-10,16-19,24,26-27,37H,1,11-15H2,2-5H3,(H,32,34)/t18?,19-,24+,26?,27-,29+,30-,31-/m0/s1. The SMILES string of the molecule is C=C[C@]1(C)C[C@@H](OC(=O)c2cn(NC=O)c3ccccc3c2=O)[C@]2(C)C(C)CC[C@]3(CCC(=O)C32)[C@@H](C)[C@@H]1O. The number of amides is 1. The number of carbonyl (C=O) groups excluding carboxylic acids is 3. The molecule has 5 rings (SSSR count). The van der Waals surface area contributed by atoms with E-state index < -0.39 is 39.9 Å². The van der Waals surface area contributed by atoms with E-state index in [1.54, 1.807) is 30.3 Å². The van der Waals surface area contributed by atoms with Gasteiger partial charge >= 0.3 is 5.97 Å². The molecule has 0 radical (unpaired) electrons. The van der Waals surface area contributed by atoms with Crippen molar-refractivity contribution in [3.63, 3.8) is 0 Å². The Morgan fingerprint density at radius 3 is 2.62 bits per heavy atom. The number of aromatic nitrogens is 1. The van der Waals surface area contributed by atoms with E-state index >= 15 is 0 Å². The highest BCUT2D eigenvalue weighted by Gasteiger charge is 2.68. The Balaban J connectivity index is 1.65. The number of Topliss-reactive ketones (excluding diaryl/α,β-unsaturated/α-hetero) is 1. The van der Waals surface area contributed by atoms with E-state index in [2.05, 4.69) is 32.8 Å². The van der Waals surface area contributed by atoms with Crippen molar-refractivity contribution >= 4 is 29.1 Å². The van der Waals surface area contributed by atoms with E-state index in [4.69, 9.17) is 4.74 Å². The number of aliphatic hydroxyl groups excluding tert-OH is 1. The number of hydrogen-bond donors (Lipinski definition) is 2. The Labute approximate surface area is 228 Å². The zero-order valence-corrected chi connectivity index (χ0v) is 23.1. The fourth-order valence-electron chi connectivity index (χ4n) is 8.28. The molecule has 1 heterocycles. The third-order valence-electron chi connectivity index (χ3n) is 10.9. The second-order valence-corrected chi connectivity index (χ2v) is 12.5. The van der Waals surface area contributed by atoms with Gasteiger partial charge in [0.25, 0.3) is 0 Å². The maximum Gasteiger partial charge on any atom is 0.344 e. The van der Waals surface area contributed by atoms with Gasteiger partial charge < -0.3 is 9.84 Å². The van der Waals surface area contributed by atoms with Crippen LogP contribution in [0.2, 0.25) is 0 Å². The zero-order chi connectivity index (χ0) is 28.3. The first kappa shape index (κ1) is 27.3. The van der Waals surface area contributed by atoms with E-state index in [9.17, 15) is 24.3 Å². The van der Waals surface area contributed by atoms with Crippen LogP contribution in [0.1, 0.15) is 70.2 Å². The lowest BCUT2D eigenvalue weighted by Crippen LogP contribution is -2.63. The van der Waals surface area contributed by atoms with Gasteiger partial charge in [0.15, 0.2) is 0 Å². The van der Waals surface area contributed by atoms with Crippen LogP contribution in [0, 0.1) is 34.0 Å². The first-order valence-electron chi connectivity index (χ1n) is 13.8. The number of nitrogens with zero attached hydrogens (tertiary/aromatic N) is 1. The van der Waals surface area contributed by atoms with Gasteiger partial charge in [-0.3, -0.25) is 24.5 Å². The molecule has 1 aromatic carbocycles. The summed E-state index contributed by atoms with van der Waals surface area (Å²) in [6, 6.07) is 6.68. The third kappa shape index (κ3) is 3.82. The van der Waals surface area contributed by atoms with Crippen LogP contribution >= 0.6 is 0 Å². The summed E-state index contributed by atoms with van der Waals surface area (Å²) < 4.78 is 7.62. The topological polar surface area (TPSA) is 115 Å². The van der Waals surface area contributed by atoms with Gasteiger partial charge in [0.2, 0.25) is 11.8 Å². The van der Waals surface area contributed by atoms with E-state index in [1.807, 2.05) is 6.92 Å². The Kier molecular flexibility index (Phi) is 6.61. The van der Waals surface area contributed by atoms with Crippen molar-refractivity contribution in [3.8, 4) is 0 Å². The molecule has 0 spiro atoms. The monoisotopic (exact) mass is 534 g/mol. The number of para-hydroxylation sites is 1. The van der Waals surface area contributed by atoms with Crippen molar-refractivity contribution < 1.29 is 24.2 Å². The lowest BCUT2D eigenvalue weighted by Gasteiger charge is -2.61. The number of rotatable bonds is 5. The predicted molar refractivity (Wildman–Crippen MR) is 148 cm³/mol. The van der Waals surface area contributed by atoms with Gasteiger partial charge in [0.05, 0.1) is 11.6 Å². The molecule has 8 heteroatoms. The average molecular weight is 535 g/mol. The summed E-state index contributed by atoms with van der Waals surface area (Å²) in [4.78, 5) is 52.1. The van der Waals surface area contributed by atoms with Crippen molar-refractivity contribution in [1.29, 1.82) is 0 Å². The number of pyridine rings is 1. The van der Waals surface area contributed by atoms with Gasteiger partial charge in [0, 0.05) is 34.8 Å². The van der Waals surface area contributed by atoms with E-state index in [0.717, 1.165) is 12.8 Å². The third-order valence-corrected chi connectivity index (χ3v) is 10.9. The Bertz CT molecular complexity index is 1420. The summed E-state index contributed by atoms with van der Waals surface area (Å²) in [7, 11) is 0. The quantitative estimate of drug-likeness (QED) is 0.337. The first-order chi connectivity index (χ1) is 18.4. The molecule has 1 amide bonds. The summed E-state index contributed by atoms with van der Waals surface area (Å²) in [6.45, 7) is 12.2. The first-order valence-corrected chi connectivity index (χ1v) is 13.8. The van der Waals surface area contributed by atoms with Crippen molar-refractivity contribution in [2.75, 3.05) is 5.43 Å². The summed E-state index contributed by atoms with van der Waals surface area (Å²) in [6.07, 6.45) is 5.06. The van der Waals surface area contributed by atoms with Crippen LogP contribution < -0.4 is 10.9 Å². The molecule has 208 valence electrons. The number of ketones is 1. The fourth-order valence-corrected chi connectivity index (χ4v) is 8.28. The molecule has 2 N–H and O–H groups in total. The number of carbonyl (C=O) groups is 3. The Hall–Kier alpha value is -3.26. The number of esters is 1. The molecular weight excluding hydrogens is 496 g/mol. The maximum absolute atomic E-state index is 13.8. The van der Waals surface area contributed by atoms with Crippen molar-refractivity contribution in [2.24, 2.45) is 34.0 Å². The Morgan fingerprint density at radius 2 is 1.92 bits per heavy atom. The van der Waals surface area contributed by atoms with Gasteiger partial charge in [-0.2, -0.15) is 0 Å². The minimum absolute atomic E-state index is 0.0666. The summed E-state index contributed by atoms with van der Waals surface area (Å²) >= 11 is 0. The molecule has 2 bridgehead atoms. The maximum atomic E-state index is 13.8. The van der Waals surface area contributed by atoms with Crippen molar-refractivity contribution in [3.05, 3.63) is 58.9 Å². The fraction of sp³-hybridized carbons (Fsp3) is 0.548. The molecule has 8 atom stereocenters. The normalized spacial score (nSPS) is 37.9. The second kappa shape index (κ2) is 9.44. The van der Waals surface area contributed by atoms with Crippen molar-refractivity contribution in [1.82, 2.24) is 4.68 Å². The number of aliphatic hydroxyl groups is 1. The average Bonchev–Trinajstić information content (AvgIpc) is 3.28. The number of nitrogens with one attached hydrogen (secondary N) is 1. The van der Waals surface area contributed by atoms with Gasteiger partial charge in [-0.1, -0.05) is 45.9 Å². The number of fused-ring (bicyclic) bond motifs is 1. The van der Waals surface area contributed by atoms with Gasteiger partial charge in [0.1, 0.15) is 17.5 Å². The molecule has 3 saturated carbocycles. The van der Waals surface area contributed by atoms with Crippen LogP contribution in [0.25, 0.3) is 10.9 Å². The highest BCUT2D eigenvalue weighted by molar-refractivity contribution is 5.94. The molecule has 0 aliphatic heterocycles. The molecule has 2 aromatic rings. The van der Waals surface area contributed by atoms with Crippen LogP contribution in [0.15, 0.2) is 47.9 Å². The molecule has 2 unspecified atom stereocenters. The lowest BCUT2D eigenvalue weighted by molar-refractivity contribution is -0.192.